The van der Waals surface area contributed by atoms with Crippen LogP contribution in [0, 0.1) is 12.3 Å². The third-order valence-corrected chi connectivity index (χ3v) is 5.37. The highest BCUT2D eigenvalue weighted by Crippen LogP contribution is 2.44. The van der Waals surface area contributed by atoms with Gasteiger partial charge < -0.3 is 9.32 Å². The Morgan fingerprint density at radius 3 is 2.81 bits per heavy atom. The maximum Gasteiger partial charge on any atom is 0.256 e. The number of aryl methyl sites for hydroxylation is 1. The molecule has 0 spiro atoms. The van der Waals surface area contributed by atoms with Crippen LogP contribution in [0.4, 0.5) is 0 Å². The fraction of sp³-hybridized carbons (Fsp3) is 0.333. The Labute approximate surface area is 157 Å². The predicted molar refractivity (Wildman–Crippen MR) is 102 cm³/mol. The van der Waals surface area contributed by atoms with E-state index in [4.69, 9.17) is 4.42 Å². The summed E-state index contributed by atoms with van der Waals surface area (Å²) in [5.41, 5.74) is 3.86. The minimum Gasteiger partial charge on any atom is -0.435 e. The summed E-state index contributed by atoms with van der Waals surface area (Å²) in [7, 11) is 0. The van der Waals surface area contributed by atoms with Crippen molar-refractivity contribution in [2.75, 3.05) is 0 Å². The summed E-state index contributed by atoms with van der Waals surface area (Å²) >= 11 is 0. The number of aliphatic imine (C=N–C) groups is 1. The molecule has 2 aliphatic heterocycles. The largest absolute Gasteiger partial charge is 0.435 e. The molecular formula is C21H20N4O2. The Morgan fingerprint density at radius 2 is 2.07 bits per heavy atom. The summed E-state index contributed by atoms with van der Waals surface area (Å²) in [6, 6.07) is 4.27. The second-order valence-corrected chi connectivity index (χ2v) is 7.85. The van der Waals surface area contributed by atoms with Crippen LogP contribution in [0.15, 0.2) is 51.8 Å². The molecule has 0 bridgehead atoms. The second-order valence-electron chi connectivity index (χ2n) is 7.85. The van der Waals surface area contributed by atoms with Gasteiger partial charge in [0.2, 0.25) is 5.89 Å². The number of oxazole rings is 1. The minimum absolute atomic E-state index is 0.0949. The van der Waals surface area contributed by atoms with Gasteiger partial charge in [0.1, 0.15) is 0 Å². The molecule has 1 amide bonds. The lowest BCUT2D eigenvalue weighted by molar-refractivity contribution is -0.123. The lowest BCUT2D eigenvalue weighted by atomic mass is 9.83. The molecule has 0 aromatic carbocycles. The van der Waals surface area contributed by atoms with Crippen LogP contribution < -0.4 is 0 Å². The summed E-state index contributed by atoms with van der Waals surface area (Å²) in [4.78, 5) is 27.5. The van der Waals surface area contributed by atoms with Crippen LogP contribution in [0.3, 0.4) is 0 Å². The minimum atomic E-state index is -0.578. The van der Waals surface area contributed by atoms with Crippen molar-refractivity contribution in [3.8, 4) is 11.5 Å². The zero-order chi connectivity index (χ0) is 18.8. The summed E-state index contributed by atoms with van der Waals surface area (Å²) in [5.74, 6) is 1.15. The van der Waals surface area contributed by atoms with Gasteiger partial charge in [0.25, 0.3) is 5.91 Å². The Bertz CT molecular complexity index is 1050. The van der Waals surface area contributed by atoms with Gasteiger partial charge in [-0.2, -0.15) is 0 Å². The summed E-state index contributed by atoms with van der Waals surface area (Å²) in [5, 5.41) is 0. The maximum atomic E-state index is 12.3. The van der Waals surface area contributed by atoms with Gasteiger partial charge in [-0.25, -0.2) is 9.98 Å². The number of aromatic nitrogens is 2. The number of fused-ring (bicyclic) bond motifs is 1. The van der Waals surface area contributed by atoms with Crippen molar-refractivity contribution < 1.29 is 9.21 Å². The molecule has 1 fully saturated rings. The lowest BCUT2D eigenvalue weighted by Crippen LogP contribution is -2.29. The first-order chi connectivity index (χ1) is 12.9. The Kier molecular flexibility index (Phi) is 3.29. The number of allylic oxidation sites excluding steroid dienone is 1. The number of carbonyl (C=O) groups is 1. The number of rotatable bonds is 3. The molecule has 2 aromatic rings. The normalized spacial score (nSPS) is 20.9. The fourth-order valence-corrected chi connectivity index (χ4v) is 3.55. The second kappa shape index (κ2) is 5.49. The van der Waals surface area contributed by atoms with Crippen LogP contribution in [0.25, 0.3) is 17.2 Å². The fourth-order valence-electron chi connectivity index (χ4n) is 3.55. The number of hydrogen-bond acceptors (Lipinski definition) is 5. The first-order valence-corrected chi connectivity index (χ1v) is 9.18. The van der Waals surface area contributed by atoms with Crippen LogP contribution >= 0.6 is 0 Å². The van der Waals surface area contributed by atoms with E-state index in [0.29, 0.717) is 17.7 Å². The van der Waals surface area contributed by atoms with Gasteiger partial charge in [-0.15, -0.1) is 0 Å². The van der Waals surface area contributed by atoms with Crippen LogP contribution in [0.2, 0.25) is 0 Å². The average molecular weight is 360 g/mol. The zero-order valence-electron chi connectivity index (χ0n) is 15.6. The Morgan fingerprint density at radius 1 is 1.26 bits per heavy atom. The van der Waals surface area contributed by atoms with Gasteiger partial charge in [-0.1, -0.05) is 0 Å². The van der Waals surface area contributed by atoms with E-state index in [0.717, 1.165) is 41.1 Å². The molecule has 3 aliphatic rings. The highest BCUT2D eigenvalue weighted by atomic mass is 16.4. The number of carbonyl (C=O) groups excluding carboxylic acids is 1. The number of nitrogens with zero attached hydrogens (tertiary/aromatic N) is 4. The van der Waals surface area contributed by atoms with Gasteiger partial charge >= 0.3 is 0 Å². The van der Waals surface area contributed by atoms with Gasteiger partial charge in [-0.3, -0.25) is 9.78 Å². The van der Waals surface area contributed by atoms with Gasteiger partial charge in [-0.05, 0) is 51.8 Å². The van der Waals surface area contributed by atoms with Crippen LogP contribution in [-0.2, 0) is 4.79 Å². The van der Waals surface area contributed by atoms with Crippen molar-refractivity contribution in [2.24, 2.45) is 10.4 Å². The smallest absolute Gasteiger partial charge is 0.256 e. The summed E-state index contributed by atoms with van der Waals surface area (Å²) in [6.45, 7) is 5.80. The van der Waals surface area contributed by atoms with E-state index in [1.54, 1.807) is 12.4 Å². The van der Waals surface area contributed by atoms with E-state index < -0.39 is 5.41 Å². The number of amides is 1. The van der Waals surface area contributed by atoms with Crippen molar-refractivity contribution in [2.45, 2.75) is 39.7 Å². The van der Waals surface area contributed by atoms with E-state index in [-0.39, 0.29) is 5.91 Å². The topological polar surface area (TPSA) is 71.6 Å². The molecule has 136 valence electrons. The quantitative estimate of drug-likeness (QED) is 0.833. The van der Waals surface area contributed by atoms with Crippen molar-refractivity contribution in [1.82, 2.24) is 14.9 Å². The molecule has 0 saturated heterocycles. The lowest BCUT2D eigenvalue weighted by Gasteiger charge is -2.29. The van der Waals surface area contributed by atoms with Crippen molar-refractivity contribution in [1.29, 1.82) is 0 Å². The Balaban J connectivity index is 1.56. The van der Waals surface area contributed by atoms with E-state index in [1.807, 2.05) is 39.0 Å². The van der Waals surface area contributed by atoms with Crippen LogP contribution in [-0.4, -0.2) is 32.5 Å². The summed E-state index contributed by atoms with van der Waals surface area (Å²) < 4.78 is 6.08. The highest BCUT2D eigenvalue weighted by molar-refractivity contribution is 6.24. The van der Waals surface area contributed by atoms with Crippen LogP contribution in [0.1, 0.15) is 38.1 Å². The molecule has 6 heteroatoms. The van der Waals surface area contributed by atoms with Crippen molar-refractivity contribution in [3.63, 3.8) is 0 Å². The highest BCUT2D eigenvalue weighted by Gasteiger charge is 2.44. The van der Waals surface area contributed by atoms with Gasteiger partial charge in [0, 0.05) is 35.3 Å². The number of pyridine rings is 1. The third-order valence-electron chi connectivity index (χ3n) is 5.37. The summed E-state index contributed by atoms with van der Waals surface area (Å²) in [6.07, 6.45) is 9.80. The average Bonchev–Trinajstić information content (AvgIpc) is 3.31. The van der Waals surface area contributed by atoms with Crippen molar-refractivity contribution >= 4 is 17.3 Å². The van der Waals surface area contributed by atoms with E-state index in [1.165, 1.54) is 0 Å². The van der Waals surface area contributed by atoms with Crippen molar-refractivity contribution in [3.05, 3.63) is 53.8 Å². The molecule has 27 heavy (non-hydrogen) atoms. The molecule has 1 aliphatic carbocycles. The van der Waals surface area contributed by atoms with Crippen LogP contribution in [0.5, 0.6) is 0 Å². The molecule has 1 saturated carbocycles. The van der Waals surface area contributed by atoms with Gasteiger partial charge in [0.05, 0.1) is 23.0 Å². The maximum absolute atomic E-state index is 12.3. The molecule has 5 rings (SSSR count). The van der Waals surface area contributed by atoms with Gasteiger partial charge in [0.15, 0.2) is 5.76 Å². The molecule has 0 N–H and O–H groups in total. The first-order valence-electron chi connectivity index (χ1n) is 9.18. The van der Waals surface area contributed by atoms with E-state index in [2.05, 4.69) is 26.1 Å². The predicted octanol–water partition coefficient (Wildman–Crippen LogP) is 3.76. The molecule has 0 radical (unpaired) electrons. The van der Waals surface area contributed by atoms with E-state index >= 15 is 0 Å². The molecule has 2 aromatic heterocycles. The molecule has 0 atom stereocenters. The number of hydrogen-bond donors (Lipinski definition) is 0. The molecule has 0 unspecified atom stereocenters. The SMILES string of the molecule is Cc1cc(-c2ncc(C3=CC4=NC(=O)C(C)(C)C4=CN3C3CC3)o2)ccn1. The standard InChI is InChI=1S/C21H20N4O2/c1-12-8-13(6-7-22-12)19-23-10-18(27-19)17-9-16-15(11-25(17)14-4-5-14)21(2,3)20(26)24-16/h6-11,14H,4-5H2,1-3H3. The Hall–Kier alpha value is -3.02. The molecule has 4 heterocycles. The van der Waals surface area contributed by atoms with E-state index in [9.17, 15) is 4.79 Å². The monoisotopic (exact) mass is 360 g/mol. The third kappa shape index (κ3) is 2.55. The molecule has 6 nitrogen and oxygen atoms in total. The molecular weight excluding hydrogens is 340 g/mol. The first kappa shape index (κ1) is 16.2. The zero-order valence-corrected chi connectivity index (χ0v) is 15.6.